The fraction of sp³-hybridized carbons (Fsp3) is 0.562. The summed E-state index contributed by atoms with van der Waals surface area (Å²) in [5.41, 5.74) is 8.46. The van der Waals surface area contributed by atoms with Gasteiger partial charge in [-0.15, -0.1) is 0 Å². The molecule has 1 aliphatic heterocycles. The van der Waals surface area contributed by atoms with Crippen molar-refractivity contribution < 1.29 is 0 Å². The molecule has 2 rings (SSSR count). The fourth-order valence-electron chi connectivity index (χ4n) is 2.55. The van der Waals surface area contributed by atoms with Crippen molar-refractivity contribution in [1.82, 2.24) is 10.2 Å². The van der Waals surface area contributed by atoms with Crippen molar-refractivity contribution in [2.45, 2.75) is 39.3 Å². The van der Waals surface area contributed by atoms with Gasteiger partial charge in [0.15, 0.2) is 5.96 Å². The molecular formula is C16H25ClN4. The first-order valence-electron chi connectivity index (χ1n) is 7.42. The summed E-state index contributed by atoms with van der Waals surface area (Å²) >= 11 is 6.23. The number of hydrogen-bond donors (Lipinski definition) is 2. The number of hydrogen-bond acceptors (Lipinski definition) is 2. The largest absolute Gasteiger partial charge is 0.370 e. The van der Waals surface area contributed by atoms with E-state index >= 15 is 0 Å². The Hall–Kier alpha value is -1.26. The molecule has 1 aromatic carbocycles. The Morgan fingerprint density at radius 1 is 1.43 bits per heavy atom. The van der Waals surface area contributed by atoms with Crippen molar-refractivity contribution in [3.05, 3.63) is 34.3 Å². The van der Waals surface area contributed by atoms with Crippen LogP contribution in [0.2, 0.25) is 5.02 Å². The smallest absolute Gasteiger partial charge is 0.189 e. The van der Waals surface area contributed by atoms with E-state index < -0.39 is 0 Å². The average molecular weight is 309 g/mol. The number of aliphatic imine (C=N–C) groups is 1. The lowest BCUT2D eigenvalue weighted by molar-refractivity contribution is 0.261. The lowest BCUT2D eigenvalue weighted by atomic mass is 10.00. The maximum Gasteiger partial charge on any atom is 0.189 e. The molecule has 21 heavy (non-hydrogen) atoms. The zero-order valence-electron chi connectivity index (χ0n) is 13.1. The molecule has 0 aliphatic carbocycles. The Morgan fingerprint density at radius 2 is 2.19 bits per heavy atom. The first-order chi connectivity index (χ1) is 9.85. The molecule has 0 atom stereocenters. The van der Waals surface area contributed by atoms with Crippen LogP contribution in [-0.2, 0) is 13.0 Å². The van der Waals surface area contributed by atoms with E-state index in [1.807, 2.05) is 12.1 Å². The topological polar surface area (TPSA) is 53.6 Å². The van der Waals surface area contributed by atoms with E-state index in [0.29, 0.717) is 12.5 Å². The van der Waals surface area contributed by atoms with Crippen LogP contribution in [0.3, 0.4) is 0 Å². The Morgan fingerprint density at radius 3 is 2.90 bits per heavy atom. The van der Waals surface area contributed by atoms with Crippen LogP contribution in [0, 0.1) is 0 Å². The van der Waals surface area contributed by atoms with Gasteiger partial charge < -0.3 is 11.1 Å². The van der Waals surface area contributed by atoms with E-state index in [0.717, 1.165) is 31.1 Å². The van der Waals surface area contributed by atoms with Crippen LogP contribution in [0.15, 0.2) is 23.2 Å². The van der Waals surface area contributed by atoms with E-state index in [1.54, 1.807) is 0 Å². The molecule has 0 saturated heterocycles. The monoisotopic (exact) mass is 308 g/mol. The van der Waals surface area contributed by atoms with E-state index in [2.05, 4.69) is 42.0 Å². The number of fused-ring (bicyclic) bond motifs is 1. The maximum absolute atomic E-state index is 6.23. The van der Waals surface area contributed by atoms with Gasteiger partial charge in [-0.25, -0.2) is 0 Å². The van der Waals surface area contributed by atoms with Crippen molar-refractivity contribution >= 4 is 17.6 Å². The molecule has 5 heteroatoms. The maximum atomic E-state index is 6.23. The van der Waals surface area contributed by atoms with Gasteiger partial charge in [0.1, 0.15) is 0 Å². The van der Waals surface area contributed by atoms with Gasteiger partial charge in [0.2, 0.25) is 0 Å². The highest BCUT2D eigenvalue weighted by molar-refractivity contribution is 6.31. The number of benzene rings is 1. The number of nitrogens with one attached hydrogen (secondary N) is 1. The second kappa shape index (κ2) is 6.67. The molecule has 1 aliphatic rings. The van der Waals surface area contributed by atoms with Gasteiger partial charge in [-0.2, -0.15) is 0 Å². The summed E-state index contributed by atoms with van der Waals surface area (Å²) in [6, 6.07) is 6.15. The number of rotatable bonds is 3. The summed E-state index contributed by atoms with van der Waals surface area (Å²) in [6.07, 6.45) is 1.01. The van der Waals surface area contributed by atoms with Crippen molar-refractivity contribution in [2.24, 2.45) is 10.7 Å². The Labute approximate surface area is 132 Å². The van der Waals surface area contributed by atoms with Gasteiger partial charge in [0.05, 0.1) is 6.54 Å². The Bertz CT molecular complexity index is 519. The molecule has 3 N–H and O–H groups in total. The van der Waals surface area contributed by atoms with Gasteiger partial charge in [0, 0.05) is 30.2 Å². The van der Waals surface area contributed by atoms with Crippen LogP contribution in [0.25, 0.3) is 0 Å². The third-order valence-corrected chi connectivity index (χ3v) is 3.84. The van der Waals surface area contributed by atoms with Crippen LogP contribution >= 0.6 is 11.6 Å². The van der Waals surface area contributed by atoms with Crippen LogP contribution < -0.4 is 11.1 Å². The second-order valence-electron chi connectivity index (χ2n) is 6.55. The summed E-state index contributed by atoms with van der Waals surface area (Å²) in [4.78, 5) is 6.79. The highest BCUT2D eigenvalue weighted by atomic mass is 35.5. The molecule has 0 radical (unpaired) electrons. The zero-order valence-corrected chi connectivity index (χ0v) is 13.9. The van der Waals surface area contributed by atoms with E-state index in [1.165, 1.54) is 11.1 Å². The van der Waals surface area contributed by atoms with Crippen molar-refractivity contribution in [3.8, 4) is 0 Å². The molecule has 1 heterocycles. The third kappa shape index (κ3) is 4.90. The Balaban J connectivity index is 1.85. The SMILES string of the molecule is CC(C)(C)NC(N)=NCCN1CCc2c(Cl)cccc2C1. The molecule has 4 nitrogen and oxygen atoms in total. The summed E-state index contributed by atoms with van der Waals surface area (Å²) in [5.74, 6) is 0.517. The molecule has 0 saturated carbocycles. The first kappa shape index (κ1) is 16.1. The molecular weight excluding hydrogens is 284 g/mol. The Kier molecular flexibility index (Phi) is 5.12. The lowest BCUT2D eigenvalue weighted by Gasteiger charge is -2.28. The predicted octanol–water partition coefficient (Wildman–Crippen LogP) is 2.40. The van der Waals surface area contributed by atoms with Crippen molar-refractivity contribution in [3.63, 3.8) is 0 Å². The van der Waals surface area contributed by atoms with E-state index in [4.69, 9.17) is 17.3 Å². The van der Waals surface area contributed by atoms with E-state index in [9.17, 15) is 0 Å². The van der Waals surface area contributed by atoms with Crippen molar-refractivity contribution in [1.29, 1.82) is 0 Å². The van der Waals surface area contributed by atoms with Gasteiger partial charge in [0.25, 0.3) is 0 Å². The molecule has 0 spiro atoms. The number of nitrogens with zero attached hydrogens (tertiary/aromatic N) is 2. The molecule has 1 aromatic rings. The van der Waals surface area contributed by atoms with E-state index in [-0.39, 0.29) is 5.54 Å². The molecule has 116 valence electrons. The molecule has 0 amide bonds. The van der Waals surface area contributed by atoms with Gasteiger partial charge in [-0.05, 0) is 44.4 Å². The second-order valence-corrected chi connectivity index (χ2v) is 6.95. The van der Waals surface area contributed by atoms with Crippen LogP contribution in [0.5, 0.6) is 0 Å². The quantitative estimate of drug-likeness (QED) is 0.666. The third-order valence-electron chi connectivity index (χ3n) is 3.49. The first-order valence-corrected chi connectivity index (χ1v) is 7.80. The minimum Gasteiger partial charge on any atom is -0.370 e. The fourth-order valence-corrected chi connectivity index (χ4v) is 2.84. The minimum absolute atomic E-state index is 0.0472. The van der Waals surface area contributed by atoms with Crippen LogP contribution in [-0.4, -0.2) is 36.0 Å². The predicted molar refractivity (Wildman–Crippen MR) is 89.8 cm³/mol. The number of nitrogens with two attached hydrogens (primary N) is 1. The molecule has 0 bridgehead atoms. The summed E-state index contributed by atoms with van der Waals surface area (Å²) < 4.78 is 0. The number of guanidine groups is 1. The molecule has 0 fully saturated rings. The zero-order chi connectivity index (χ0) is 15.5. The van der Waals surface area contributed by atoms with Crippen LogP contribution in [0.4, 0.5) is 0 Å². The summed E-state index contributed by atoms with van der Waals surface area (Å²) in [6.45, 7) is 9.81. The minimum atomic E-state index is -0.0472. The van der Waals surface area contributed by atoms with Crippen LogP contribution in [0.1, 0.15) is 31.9 Å². The van der Waals surface area contributed by atoms with Gasteiger partial charge >= 0.3 is 0 Å². The summed E-state index contributed by atoms with van der Waals surface area (Å²) in [5, 5.41) is 4.06. The standard InChI is InChI=1S/C16H25ClN4/c1-16(2,3)20-15(18)19-8-10-21-9-7-13-12(11-21)5-4-6-14(13)17/h4-6H,7-11H2,1-3H3,(H3,18,19,20). The van der Waals surface area contributed by atoms with Gasteiger partial charge in [-0.3, -0.25) is 9.89 Å². The molecule has 0 aromatic heterocycles. The number of halogens is 1. The lowest BCUT2D eigenvalue weighted by Crippen LogP contribution is -2.45. The van der Waals surface area contributed by atoms with Crippen molar-refractivity contribution in [2.75, 3.05) is 19.6 Å². The normalized spacial score (nSPS) is 16.7. The summed E-state index contributed by atoms with van der Waals surface area (Å²) in [7, 11) is 0. The molecule has 0 unspecified atom stereocenters. The highest BCUT2D eigenvalue weighted by Gasteiger charge is 2.17. The average Bonchev–Trinajstić information content (AvgIpc) is 2.36. The highest BCUT2D eigenvalue weighted by Crippen LogP contribution is 2.25. The van der Waals surface area contributed by atoms with Gasteiger partial charge in [-0.1, -0.05) is 23.7 Å².